The minimum atomic E-state index is 0.668. The number of rotatable bonds is 3. The largest absolute Gasteiger partial charge is 0.256 e. The summed E-state index contributed by atoms with van der Waals surface area (Å²) in [5.41, 5.74) is 4.92. The fourth-order valence-corrected chi connectivity index (χ4v) is 4.43. The van der Waals surface area contributed by atoms with E-state index in [9.17, 15) is 0 Å². The van der Waals surface area contributed by atoms with Gasteiger partial charge in [-0.1, -0.05) is 86.1 Å². The molecule has 1 heterocycles. The Morgan fingerprint density at radius 2 is 1.34 bits per heavy atom. The van der Waals surface area contributed by atoms with Crippen molar-refractivity contribution in [3.05, 3.63) is 90.1 Å². The number of fused-ring (bicyclic) bond motifs is 5. The quantitative estimate of drug-likeness (QED) is 0.294. The van der Waals surface area contributed by atoms with Crippen LogP contribution in [0.3, 0.4) is 0 Å². The van der Waals surface area contributed by atoms with Crippen LogP contribution in [-0.4, -0.2) is 4.98 Å². The number of nitrogens with zero attached hydrogens (tertiary/aromatic N) is 1. The van der Waals surface area contributed by atoms with E-state index in [1.54, 1.807) is 0 Å². The molecule has 4 aromatic carbocycles. The normalized spacial score (nSPS) is 11.7. The molecule has 5 rings (SSSR count). The molecule has 142 valence electrons. The van der Waals surface area contributed by atoms with Gasteiger partial charge in [0.15, 0.2) is 0 Å². The van der Waals surface area contributed by atoms with Gasteiger partial charge in [-0.05, 0) is 57.8 Å². The monoisotopic (exact) mass is 375 g/mol. The van der Waals surface area contributed by atoms with Crippen LogP contribution in [0.1, 0.15) is 25.0 Å². The third kappa shape index (κ3) is 3.17. The number of hydrogen-bond acceptors (Lipinski definition) is 1. The van der Waals surface area contributed by atoms with Gasteiger partial charge >= 0.3 is 0 Å². The fourth-order valence-electron chi connectivity index (χ4n) is 4.43. The summed E-state index contributed by atoms with van der Waals surface area (Å²) < 4.78 is 0. The lowest BCUT2D eigenvalue weighted by Gasteiger charge is -2.12. The van der Waals surface area contributed by atoms with Crippen LogP contribution in [0.15, 0.2) is 79.0 Å². The van der Waals surface area contributed by atoms with E-state index < -0.39 is 0 Å². The molecule has 0 aliphatic heterocycles. The number of aryl methyl sites for hydroxylation is 1. The van der Waals surface area contributed by atoms with Crippen LogP contribution in [0.2, 0.25) is 0 Å². The van der Waals surface area contributed by atoms with Crippen molar-refractivity contribution in [1.82, 2.24) is 4.98 Å². The molecule has 0 bridgehead atoms. The lowest BCUT2D eigenvalue weighted by atomic mass is 9.94. The molecule has 0 atom stereocenters. The summed E-state index contributed by atoms with van der Waals surface area (Å²) in [5, 5.41) is 7.68. The molecule has 0 amide bonds. The highest BCUT2D eigenvalue weighted by atomic mass is 14.7. The van der Waals surface area contributed by atoms with Crippen LogP contribution in [0.4, 0.5) is 0 Å². The Balaban J connectivity index is 1.70. The van der Waals surface area contributed by atoms with Gasteiger partial charge in [-0.15, -0.1) is 0 Å². The third-order valence-corrected chi connectivity index (χ3v) is 5.79. The second-order valence-electron chi connectivity index (χ2n) is 8.50. The molecule has 1 aromatic heterocycles. The number of pyridine rings is 1. The molecule has 5 aromatic rings. The van der Waals surface area contributed by atoms with Crippen LogP contribution in [-0.2, 0) is 6.42 Å². The van der Waals surface area contributed by atoms with E-state index in [2.05, 4.69) is 93.6 Å². The molecule has 0 spiro atoms. The highest BCUT2D eigenvalue weighted by molar-refractivity contribution is 6.18. The average Bonchev–Trinajstić information content (AvgIpc) is 2.72. The first kappa shape index (κ1) is 17.9. The van der Waals surface area contributed by atoms with E-state index in [1.807, 2.05) is 6.20 Å². The smallest absolute Gasteiger partial charge is 0.0780 e. The first-order valence-electron chi connectivity index (χ1n) is 10.4. The molecular formula is C28H25N. The summed E-state index contributed by atoms with van der Waals surface area (Å²) >= 11 is 0. The van der Waals surface area contributed by atoms with Gasteiger partial charge in [-0.2, -0.15) is 0 Å². The highest BCUT2D eigenvalue weighted by Gasteiger charge is 2.10. The summed E-state index contributed by atoms with van der Waals surface area (Å²) in [7, 11) is 0. The topological polar surface area (TPSA) is 12.9 Å². The van der Waals surface area contributed by atoms with Gasteiger partial charge in [0.2, 0.25) is 0 Å². The van der Waals surface area contributed by atoms with E-state index in [0.717, 1.165) is 12.1 Å². The van der Waals surface area contributed by atoms with Crippen LogP contribution in [0.5, 0.6) is 0 Å². The van der Waals surface area contributed by atoms with Crippen molar-refractivity contribution in [2.75, 3.05) is 0 Å². The van der Waals surface area contributed by atoms with Gasteiger partial charge in [-0.25, -0.2) is 0 Å². The summed E-state index contributed by atoms with van der Waals surface area (Å²) in [6.07, 6.45) is 3.05. The zero-order valence-corrected chi connectivity index (χ0v) is 17.2. The van der Waals surface area contributed by atoms with Crippen molar-refractivity contribution in [3.8, 4) is 11.3 Å². The summed E-state index contributed by atoms with van der Waals surface area (Å²) in [6.45, 7) is 6.67. The van der Waals surface area contributed by atoms with Gasteiger partial charge in [-0.3, -0.25) is 4.98 Å². The summed E-state index contributed by atoms with van der Waals surface area (Å²) in [5.74, 6) is 0.668. The van der Waals surface area contributed by atoms with Crippen molar-refractivity contribution >= 4 is 32.3 Å². The molecule has 1 heteroatoms. The Hall–Kier alpha value is -3.19. The van der Waals surface area contributed by atoms with Crippen LogP contribution < -0.4 is 0 Å². The van der Waals surface area contributed by atoms with Gasteiger partial charge in [0.1, 0.15) is 0 Å². The average molecular weight is 376 g/mol. The Bertz CT molecular complexity index is 1340. The number of benzene rings is 4. The predicted molar refractivity (Wildman–Crippen MR) is 125 cm³/mol. The van der Waals surface area contributed by atoms with E-state index in [-0.39, 0.29) is 0 Å². The number of aromatic nitrogens is 1. The SMILES string of the molecule is Cc1ccc2c(ccc3c4ccnc(-c5ccc(CC(C)C)cc5)c4ccc23)c1. The molecule has 29 heavy (non-hydrogen) atoms. The Morgan fingerprint density at radius 3 is 2.14 bits per heavy atom. The van der Waals surface area contributed by atoms with E-state index >= 15 is 0 Å². The molecule has 0 fully saturated rings. The molecular weight excluding hydrogens is 350 g/mol. The molecule has 0 saturated carbocycles. The molecule has 0 unspecified atom stereocenters. The number of hydrogen-bond donors (Lipinski definition) is 0. The maximum atomic E-state index is 4.75. The van der Waals surface area contributed by atoms with Crippen molar-refractivity contribution in [1.29, 1.82) is 0 Å². The standard InChI is InChI=1S/C28H25N/c1-18(2)16-20-5-7-21(8-6-20)28-27-13-12-24-23-10-4-19(3)17-22(23)9-11-25(24)26(27)14-15-29-28/h4-15,17-18H,16H2,1-3H3. The van der Waals surface area contributed by atoms with E-state index in [0.29, 0.717) is 5.92 Å². The van der Waals surface area contributed by atoms with Gasteiger partial charge in [0.25, 0.3) is 0 Å². The molecule has 0 saturated heterocycles. The lowest BCUT2D eigenvalue weighted by Crippen LogP contribution is -1.94. The summed E-state index contributed by atoms with van der Waals surface area (Å²) in [6, 6.07) is 26.8. The van der Waals surface area contributed by atoms with Crippen molar-refractivity contribution in [2.24, 2.45) is 5.92 Å². The van der Waals surface area contributed by atoms with E-state index in [1.165, 1.54) is 49.0 Å². The second-order valence-corrected chi connectivity index (χ2v) is 8.50. The minimum absolute atomic E-state index is 0.668. The molecule has 0 N–H and O–H groups in total. The Labute approximate surface area is 172 Å². The van der Waals surface area contributed by atoms with Crippen LogP contribution in [0, 0.1) is 12.8 Å². The molecule has 1 nitrogen and oxygen atoms in total. The van der Waals surface area contributed by atoms with Crippen LogP contribution >= 0.6 is 0 Å². The lowest BCUT2D eigenvalue weighted by molar-refractivity contribution is 0.647. The zero-order chi connectivity index (χ0) is 20.0. The molecule has 0 aliphatic rings. The van der Waals surface area contributed by atoms with Gasteiger partial charge in [0, 0.05) is 17.1 Å². The Morgan fingerprint density at radius 1 is 0.690 bits per heavy atom. The summed E-state index contributed by atoms with van der Waals surface area (Å²) in [4.78, 5) is 4.75. The van der Waals surface area contributed by atoms with Gasteiger partial charge in [0.05, 0.1) is 5.69 Å². The van der Waals surface area contributed by atoms with Crippen molar-refractivity contribution in [3.63, 3.8) is 0 Å². The van der Waals surface area contributed by atoms with E-state index in [4.69, 9.17) is 4.98 Å². The van der Waals surface area contributed by atoms with Crippen molar-refractivity contribution in [2.45, 2.75) is 27.2 Å². The Kier molecular flexibility index (Phi) is 4.32. The first-order valence-corrected chi connectivity index (χ1v) is 10.4. The molecule has 0 radical (unpaired) electrons. The zero-order valence-electron chi connectivity index (χ0n) is 17.2. The second kappa shape index (κ2) is 7.00. The maximum Gasteiger partial charge on any atom is 0.0780 e. The highest BCUT2D eigenvalue weighted by Crippen LogP contribution is 2.35. The third-order valence-electron chi connectivity index (χ3n) is 5.79. The first-order chi connectivity index (χ1) is 14.1. The van der Waals surface area contributed by atoms with Gasteiger partial charge < -0.3 is 0 Å². The minimum Gasteiger partial charge on any atom is -0.256 e. The maximum absolute atomic E-state index is 4.75. The predicted octanol–water partition coefficient (Wildman–Crippen LogP) is 7.72. The molecule has 0 aliphatic carbocycles. The van der Waals surface area contributed by atoms with Crippen LogP contribution in [0.25, 0.3) is 43.6 Å². The fraction of sp³-hybridized carbons (Fsp3) is 0.179. The van der Waals surface area contributed by atoms with Crippen molar-refractivity contribution < 1.29 is 0 Å².